The summed E-state index contributed by atoms with van der Waals surface area (Å²) in [6.45, 7) is 2.99. The number of hydrogen-bond donors (Lipinski definition) is 2. The molecule has 1 rings (SSSR count). The highest BCUT2D eigenvalue weighted by molar-refractivity contribution is 7.80. The van der Waals surface area contributed by atoms with Crippen molar-refractivity contribution in [2.24, 2.45) is 0 Å². The van der Waals surface area contributed by atoms with Crippen LogP contribution in [-0.2, 0) is 6.42 Å². The van der Waals surface area contributed by atoms with Gasteiger partial charge in [-0.2, -0.15) is 12.6 Å². The van der Waals surface area contributed by atoms with E-state index in [1.807, 2.05) is 6.92 Å². The normalized spacial score (nSPS) is 10.4. The maximum Gasteiger partial charge on any atom is 0.0940 e. The SMILES string of the molecule is Cc1csc(CCNCS)n1. The van der Waals surface area contributed by atoms with E-state index in [-0.39, 0.29) is 0 Å². The molecule has 0 saturated heterocycles. The average Bonchev–Trinajstić information content (AvgIpc) is 2.37. The first-order chi connectivity index (χ1) is 5.33. The van der Waals surface area contributed by atoms with Crippen LogP contribution in [-0.4, -0.2) is 17.4 Å². The summed E-state index contributed by atoms with van der Waals surface area (Å²) in [5.74, 6) is 0.740. The van der Waals surface area contributed by atoms with Crippen molar-refractivity contribution < 1.29 is 0 Å². The summed E-state index contributed by atoms with van der Waals surface area (Å²) in [5.41, 5.74) is 1.12. The Bertz CT molecular complexity index is 210. The molecule has 0 fully saturated rings. The molecule has 0 spiro atoms. The van der Waals surface area contributed by atoms with Crippen LogP contribution in [0.2, 0.25) is 0 Å². The summed E-state index contributed by atoms with van der Waals surface area (Å²) >= 11 is 5.77. The lowest BCUT2D eigenvalue weighted by Gasteiger charge is -1.96. The summed E-state index contributed by atoms with van der Waals surface area (Å²) in [5, 5.41) is 6.42. The fraction of sp³-hybridized carbons (Fsp3) is 0.571. The second-order valence-corrected chi connectivity index (χ2v) is 3.55. The second-order valence-electron chi connectivity index (χ2n) is 2.29. The molecular formula is C7H12N2S2. The van der Waals surface area contributed by atoms with Gasteiger partial charge in [0.25, 0.3) is 0 Å². The van der Waals surface area contributed by atoms with E-state index >= 15 is 0 Å². The summed E-state index contributed by atoms with van der Waals surface area (Å²) in [7, 11) is 0. The topological polar surface area (TPSA) is 24.9 Å². The maximum absolute atomic E-state index is 4.34. The van der Waals surface area contributed by atoms with E-state index in [4.69, 9.17) is 0 Å². The quantitative estimate of drug-likeness (QED) is 0.425. The summed E-state index contributed by atoms with van der Waals surface area (Å²) in [6, 6.07) is 0. The minimum Gasteiger partial charge on any atom is -0.308 e. The second kappa shape index (κ2) is 4.74. The Morgan fingerprint density at radius 1 is 1.73 bits per heavy atom. The molecule has 0 aliphatic heterocycles. The molecule has 0 amide bonds. The van der Waals surface area contributed by atoms with Crippen LogP contribution in [0.15, 0.2) is 5.38 Å². The number of nitrogens with one attached hydrogen (secondary N) is 1. The van der Waals surface area contributed by atoms with Gasteiger partial charge in [0.05, 0.1) is 5.01 Å². The van der Waals surface area contributed by atoms with Crippen LogP contribution in [0.5, 0.6) is 0 Å². The molecule has 1 aromatic rings. The Morgan fingerprint density at radius 3 is 3.09 bits per heavy atom. The van der Waals surface area contributed by atoms with Crippen LogP contribution < -0.4 is 5.32 Å². The van der Waals surface area contributed by atoms with Gasteiger partial charge in [0, 0.05) is 29.9 Å². The molecule has 0 unspecified atom stereocenters. The zero-order chi connectivity index (χ0) is 8.10. The Morgan fingerprint density at radius 2 is 2.55 bits per heavy atom. The van der Waals surface area contributed by atoms with E-state index in [1.54, 1.807) is 11.3 Å². The van der Waals surface area contributed by atoms with Gasteiger partial charge in [-0.3, -0.25) is 0 Å². The number of hydrogen-bond acceptors (Lipinski definition) is 4. The third-order valence-corrected chi connectivity index (χ3v) is 2.54. The standard InChI is InChI=1S/C7H12N2S2/c1-6-4-11-7(9-6)2-3-8-5-10/h4,8,10H,2-3,5H2,1H3. The van der Waals surface area contributed by atoms with Crippen molar-refractivity contribution in [2.75, 3.05) is 12.4 Å². The van der Waals surface area contributed by atoms with E-state index in [9.17, 15) is 0 Å². The molecule has 0 radical (unpaired) electrons. The fourth-order valence-electron chi connectivity index (χ4n) is 0.792. The third kappa shape index (κ3) is 3.22. The lowest BCUT2D eigenvalue weighted by atomic mass is 10.4. The Balaban J connectivity index is 2.27. The molecular weight excluding hydrogens is 176 g/mol. The molecule has 0 aromatic carbocycles. The highest BCUT2D eigenvalue weighted by Gasteiger charge is 1.96. The van der Waals surface area contributed by atoms with E-state index in [0.29, 0.717) is 0 Å². The molecule has 1 N–H and O–H groups in total. The number of thiazole rings is 1. The lowest BCUT2D eigenvalue weighted by Crippen LogP contribution is -2.14. The smallest absolute Gasteiger partial charge is 0.0940 e. The molecule has 62 valence electrons. The minimum absolute atomic E-state index is 0.740. The molecule has 2 nitrogen and oxygen atoms in total. The van der Waals surface area contributed by atoms with Gasteiger partial charge in [0.15, 0.2) is 0 Å². The van der Waals surface area contributed by atoms with Gasteiger partial charge in [0.1, 0.15) is 0 Å². The predicted octanol–water partition coefficient (Wildman–Crippen LogP) is 1.47. The van der Waals surface area contributed by atoms with Gasteiger partial charge >= 0.3 is 0 Å². The van der Waals surface area contributed by atoms with Crippen LogP contribution in [0.3, 0.4) is 0 Å². The van der Waals surface area contributed by atoms with Gasteiger partial charge in [-0.1, -0.05) is 0 Å². The number of rotatable bonds is 4. The van der Waals surface area contributed by atoms with Crippen molar-refractivity contribution in [3.63, 3.8) is 0 Å². The Labute approximate surface area is 76.5 Å². The first kappa shape index (κ1) is 9.03. The predicted molar refractivity (Wildman–Crippen MR) is 52.4 cm³/mol. The fourth-order valence-corrected chi connectivity index (χ4v) is 1.73. The Hall–Kier alpha value is -0.0600. The van der Waals surface area contributed by atoms with E-state index in [0.717, 1.165) is 24.5 Å². The number of thiol groups is 1. The molecule has 0 atom stereocenters. The van der Waals surface area contributed by atoms with Crippen LogP contribution in [0.1, 0.15) is 10.7 Å². The van der Waals surface area contributed by atoms with Gasteiger partial charge in [0.2, 0.25) is 0 Å². The summed E-state index contributed by atoms with van der Waals surface area (Å²) < 4.78 is 0. The van der Waals surface area contributed by atoms with Gasteiger partial charge in [-0.15, -0.1) is 11.3 Å². The van der Waals surface area contributed by atoms with Crippen LogP contribution in [0, 0.1) is 6.92 Å². The van der Waals surface area contributed by atoms with Crippen LogP contribution in [0.25, 0.3) is 0 Å². The molecule has 0 aliphatic carbocycles. The molecule has 0 bridgehead atoms. The van der Waals surface area contributed by atoms with Gasteiger partial charge in [-0.05, 0) is 6.92 Å². The van der Waals surface area contributed by atoms with Crippen LogP contribution >= 0.6 is 24.0 Å². The number of nitrogens with zero attached hydrogens (tertiary/aromatic N) is 1. The molecule has 1 heterocycles. The molecule has 11 heavy (non-hydrogen) atoms. The summed E-state index contributed by atoms with van der Waals surface area (Å²) in [4.78, 5) is 4.34. The minimum atomic E-state index is 0.740. The first-order valence-electron chi connectivity index (χ1n) is 3.55. The highest BCUT2D eigenvalue weighted by atomic mass is 32.1. The Kier molecular flexibility index (Phi) is 3.90. The average molecular weight is 188 g/mol. The largest absolute Gasteiger partial charge is 0.308 e. The lowest BCUT2D eigenvalue weighted by molar-refractivity contribution is 0.771. The monoisotopic (exact) mass is 188 g/mol. The zero-order valence-electron chi connectivity index (χ0n) is 6.50. The highest BCUT2D eigenvalue weighted by Crippen LogP contribution is 2.08. The van der Waals surface area contributed by atoms with Gasteiger partial charge < -0.3 is 5.32 Å². The van der Waals surface area contributed by atoms with E-state index < -0.39 is 0 Å². The van der Waals surface area contributed by atoms with Crippen molar-refractivity contribution in [1.29, 1.82) is 0 Å². The molecule has 0 saturated carbocycles. The molecule has 4 heteroatoms. The van der Waals surface area contributed by atoms with Crippen molar-refractivity contribution in [3.8, 4) is 0 Å². The van der Waals surface area contributed by atoms with Crippen molar-refractivity contribution in [2.45, 2.75) is 13.3 Å². The molecule has 1 aromatic heterocycles. The molecule has 0 aliphatic rings. The maximum atomic E-state index is 4.34. The van der Waals surface area contributed by atoms with Crippen molar-refractivity contribution in [1.82, 2.24) is 10.3 Å². The van der Waals surface area contributed by atoms with Crippen molar-refractivity contribution >= 4 is 24.0 Å². The van der Waals surface area contributed by atoms with Crippen molar-refractivity contribution in [3.05, 3.63) is 16.1 Å². The first-order valence-corrected chi connectivity index (χ1v) is 5.06. The third-order valence-electron chi connectivity index (χ3n) is 1.29. The van der Waals surface area contributed by atoms with Gasteiger partial charge in [-0.25, -0.2) is 4.98 Å². The number of aryl methyl sites for hydroxylation is 1. The summed E-state index contributed by atoms with van der Waals surface area (Å²) in [6.07, 6.45) is 1.01. The zero-order valence-corrected chi connectivity index (χ0v) is 8.21. The van der Waals surface area contributed by atoms with Crippen LogP contribution in [0.4, 0.5) is 0 Å². The van der Waals surface area contributed by atoms with E-state index in [1.165, 1.54) is 5.01 Å². The van der Waals surface area contributed by atoms with E-state index in [2.05, 4.69) is 28.3 Å². The number of aromatic nitrogens is 1.